The summed E-state index contributed by atoms with van der Waals surface area (Å²) >= 11 is 1.51. The predicted molar refractivity (Wildman–Crippen MR) is 70.9 cm³/mol. The Bertz CT molecular complexity index is 502. The second kappa shape index (κ2) is 5.40. The van der Waals surface area contributed by atoms with E-state index < -0.39 is 6.09 Å². The first-order valence-corrected chi connectivity index (χ1v) is 6.90. The van der Waals surface area contributed by atoms with Crippen LogP contribution in [0.2, 0.25) is 0 Å². The quantitative estimate of drug-likeness (QED) is 0.891. The number of fused-ring (bicyclic) bond motifs is 1. The molecule has 1 heterocycles. The highest BCUT2D eigenvalue weighted by Crippen LogP contribution is 2.39. The molecule has 1 unspecified atom stereocenters. The number of nitriles is 1. The summed E-state index contributed by atoms with van der Waals surface area (Å²) in [5.41, 5.74) is 1.74. The molecule has 0 aromatic carbocycles. The molecule has 0 fully saturated rings. The van der Waals surface area contributed by atoms with Gasteiger partial charge >= 0.3 is 6.09 Å². The number of amides is 1. The zero-order valence-corrected chi connectivity index (χ0v) is 11.4. The Hall–Kier alpha value is -1.54. The molecule has 5 heteroatoms. The standard InChI is InChI=1S/C13H16N2O2S/c1-3-8-4-5-9-10(7-14)12(15-13(16)17-2)18-11(9)6-8/h8H,3-6H2,1-2H3,(H,15,16). The molecule has 18 heavy (non-hydrogen) atoms. The van der Waals surface area contributed by atoms with Gasteiger partial charge in [0.25, 0.3) is 0 Å². The van der Waals surface area contributed by atoms with Crippen molar-refractivity contribution in [3.8, 4) is 6.07 Å². The van der Waals surface area contributed by atoms with Gasteiger partial charge in [-0.25, -0.2) is 4.79 Å². The molecule has 0 radical (unpaired) electrons. The molecule has 1 aliphatic rings. The summed E-state index contributed by atoms with van der Waals surface area (Å²) < 4.78 is 4.58. The van der Waals surface area contributed by atoms with Crippen molar-refractivity contribution in [3.63, 3.8) is 0 Å². The lowest BCUT2D eigenvalue weighted by Gasteiger charge is -2.20. The SMILES string of the molecule is CCC1CCc2c(sc(NC(=O)OC)c2C#N)C1. The fourth-order valence-electron chi connectivity index (χ4n) is 2.35. The van der Waals surface area contributed by atoms with Crippen LogP contribution < -0.4 is 5.32 Å². The van der Waals surface area contributed by atoms with E-state index in [1.54, 1.807) is 0 Å². The molecule has 2 rings (SSSR count). The van der Waals surface area contributed by atoms with Crippen LogP contribution in [-0.4, -0.2) is 13.2 Å². The monoisotopic (exact) mass is 264 g/mol. The summed E-state index contributed by atoms with van der Waals surface area (Å²) in [5.74, 6) is 0.702. The van der Waals surface area contributed by atoms with Gasteiger partial charge in [-0.1, -0.05) is 13.3 Å². The lowest BCUT2D eigenvalue weighted by molar-refractivity contribution is 0.187. The summed E-state index contributed by atoms with van der Waals surface area (Å²) in [6.45, 7) is 2.20. The molecule has 1 aromatic heterocycles. The van der Waals surface area contributed by atoms with Crippen LogP contribution in [0.5, 0.6) is 0 Å². The van der Waals surface area contributed by atoms with Gasteiger partial charge in [-0.15, -0.1) is 11.3 Å². The summed E-state index contributed by atoms with van der Waals surface area (Å²) in [4.78, 5) is 12.5. The van der Waals surface area contributed by atoms with Crippen molar-refractivity contribution in [1.29, 1.82) is 5.26 Å². The number of hydrogen-bond donors (Lipinski definition) is 1. The van der Waals surface area contributed by atoms with Crippen LogP contribution in [0, 0.1) is 17.2 Å². The van der Waals surface area contributed by atoms with Crippen molar-refractivity contribution in [2.75, 3.05) is 12.4 Å². The first-order chi connectivity index (χ1) is 8.69. The first kappa shape index (κ1) is 12.9. The Morgan fingerprint density at radius 3 is 3.06 bits per heavy atom. The van der Waals surface area contributed by atoms with E-state index in [1.165, 1.54) is 29.7 Å². The highest BCUT2D eigenvalue weighted by atomic mass is 32.1. The number of carbonyl (C=O) groups is 1. The van der Waals surface area contributed by atoms with Crippen LogP contribution in [0.1, 0.15) is 35.8 Å². The minimum absolute atomic E-state index is 0.517. The molecule has 0 spiro atoms. The molecular formula is C13H16N2O2S. The van der Waals surface area contributed by atoms with Crippen LogP contribution in [0.25, 0.3) is 0 Å². The molecule has 1 amide bonds. The minimum Gasteiger partial charge on any atom is -0.453 e. The Kier molecular flexibility index (Phi) is 3.87. The van der Waals surface area contributed by atoms with Gasteiger partial charge in [-0.2, -0.15) is 5.26 Å². The number of nitrogens with zero attached hydrogens (tertiary/aromatic N) is 1. The maximum absolute atomic E-state index is 11.2. The van der Waals surface area contributed by atoms with Gasteiger partial charge in [-0.05, 0) is 30.7 Å². The van der Waals surface area contributed by atoms with Crippen molar-refractivity contribution in [3.05, 3.63) is 16.0 Å². The maximum Gasteiger partial charge on any atom is 0.411 e. The van der Waals surface area contributed by atoms with E-state index in [4.69, 9.17) is 0 Å². The highest BCUT2D eigenvalue weighted by Gasteiger charge is 2.25. The number of thiophene rings is 1. The van der Waals surface area contributed by atoms with E-state index >= 15 is 0 Å². The number of rotatable bonds is 2. The molecule has 0 aliphatic heterocycles. The summed E-state index contributed by atoms with van der Waals surface area (Å²) in [5, 5.41) is 12.5. The number of ether oxygens (including phenoxy) is 1. The molecule has 1 N–H and O–H groups in total. The van der Waals surface area contributed by atoms with Crippen LogP contribution in [-0.2, 0) is 17.6 Å². The van der Waals surface area contributed by atoms with E-state index in [-0.39, 0.29) is 0 Å². The van der Waals surface area contributed by atoms with Crippen molar-refractivity contribution < 1.29 is 9.53 Å². The first-order valence-electron chi connectivity index (χ1n) is 6.09. The summed E-state index contributed by atoms with van der Waals surface area (Å²) in [6, 6.07) is 2.21. The fourth-order valence-corrected chi connectivity index (χ4v) is 3.65. The average Bonchev–Trinajstić information content (AvgIpc) is 2.74. The lowest BCUT2D eigenvalue weighted by Crippen LogP contribution is -2.12. The van der Waals surface area contributed by atoms with E-state index in [2.05, 4.69) is 23.0 Å². The Labute approximate surface area is 111 Å². The van der Waals surface area contributed by atoms with Crippen LogP contribution in [0.15, 0.2) is 0 Å². The van der Waals surface area contributed by atoms with Crippen molar-refractivity contribution in [2.24, 2.45) is 5.92 Å². The highest BCUT2D eigenvalue weighted by molar-refractivity contribution is 7.16. The van der Waals surface area contributed by atoms with E-state index in [0.717, 1.165) is 24.8 Å². The molecule has 1 atom stereocenters. The smallest absolute Gasteiger partial charge is 0.411 e. The number of hydrogen-bond acceptors (Lipinski definition) is 4. The number of carbonyl (C=O) groups excluding carboxylic acids is 1. The second-order valence-corrected chi connectivity index (χ2v) is 5.56. The van der Waals surface area contributed by atoms with Crippen molar-refractivity contribution >= 4 is 22.4 Å². The topological polar surface area (TPSA) is 62.1 Å². The second-order valence-electron chi connectivity index (χ2n) is 4.45. The van der Waals surface area contributed by atoms with Crippen LogP contribution in [0.3, 0.4) is 0 Å². The zero-order chi connectivity index (χ0) is 13.1. The van der Waals surface area contributed by atoms with Gasteiger partial charge < -0.3 is 4.74 Å². The Morgan fingerprint density at radius 2 is 2.44 bits per heavy atom. The fraction of sp³-hybridized carbons (Fsp3) is 0.538. The van der Waals surface area contributed by atoms with Gasteiger partial charge in [0.2, 0.25) is 0 Å². The zero-order valence-electron chi connectivity index (χ0n) is 10.6. The molecule has 1 aromatic rings. The van der Waals surface area contributed by atoms with E-state index in [0.29, 0.717) is 16.5 Å². The molecule has 96 valence electrons. The predicted octanol–water partition coefficient (Wildman–Crippen LogP) is 3.31. The van der Waals surface area contributed by atoms with Crippen molar-refractivity contribution in [1.82, 2.24) is 0 Å². The van der Waals surface area contributed by atoms with Gasteiger partial charge in [0.1, 0.15) is 11.1 Å². The third-order valence-electron chi connectivity index (χ3n) is 3.46. The molecule has 0 saturated heterocycles. The third kappa shape index (κ3) is 2.34. The van der Waals surface area contributed by atoms with Gasteiger partial charge in [0.05, 0.1) is 12.7 Å². The maximum atomic E-state index is 11.2. The normalized spacial score (nSPS) is 17.7. The number of nitrogens with one attached hydrogen (secondary N) is 1. The number of anilines is 1. The van der Waals surface area contributed by atoms with E-state index in [1.807, 2.05) is 0 Å². The van der Waals surface area contributed by atoms with Gasteiger partial charge in [-0.3, -0.25) is 5.32 Å². The van der Waals surface area contributed by atoms with Crippen molar-refractivity contribution in [2.45, 2.75) is 32.6 Å². The molecule has 1 aliphatic carbocycles. The Morgan fingerprint density at radius 1 is 1.67 bits per heavy atom. The third-order valence-corrected chi connectivity index (χ3v) is 4.63. The lowest BCUT2D eigenvalue weighted by atomic mass is 9.86. The average molecular weight is 264 g/mol. The largest absolute Gasteiger partial charge is 0.453 e. The molecule has 0 bridgehead atoms. The summed E-state index contributed by atoms with van der Waals surface area (Å²) in [7, 11) is 1.32. The van der Waals surface area contributed by atoms with Gasteiger partial charge in [0.15, 0.2) is 0 Å². The minimum atomic E-state index is -0.517. The van der Waals surface area contributed by atoms with Gasteiger partial charge in [0, 0.05) is 4.88 Å². The van der Waals surface area contributed by atoms with E-state index in [9.17, 15) is 10.1 Å². The number of methoxy groups -OCH3 is 1. The summed E-state index contributed by atoms with van der Waals surface area (Å²) in [6.07, 6.45) is 3.74. The van der Waals surface area contributed by atoms with Crippen LogP contribution >= 0.6 is 11.3 Å². The van der Waals surface area contributed by atoms with Crippen LogP contribution in [0.4, 0.5) is 9.80 Å². The molecule has 4 nitrogen and oxygen atoms in total. The Balaban J connectivity index is 2.31. The molecule has 0 saturated carbocycles. The molecular weight excluding hydrogens is 248 g/mol.